The van der Waals surface area contributed by atoms with Gasteiger partial charge in [-0.15, -0.1) is 12.4 Å². The Morgan fingerprint density at radius 2 is 2.16 bits per heavy atom. The summed E-state index contributed by atoms with van der Waals surface area (Å²) in [5.41, 5.74) is 2.42. The van der Waals surface area contributed by atoms with Gasteiger partial charge in [-0.1, -0.05) is 6.07 Å². The van der Waals surface area contributed by atoms with E-state index in [1.54, 1.807) is 13.8 Å². The van der Waals surface area contributed by atoms with E-state index < -0.39 is 5.60 Å². The van der Waals surface area contributed by atoms with E-state index in [1.165, 1.54) is 11.1 Å². The fraction of sp³-hybridized carbons (Fsp3) is 0.500. The summed E-state index contributed by atoms with van der Waals surface area (Å²) >= 11 is 0. The van der Waals surface area contributed by atoms with Gasteiger partial charge < -0.3 is 15.7 Å². The van der Waals surface area contributed by atoms with Crippen molar-refractivity contribution < 1.29 is 9.90 Å². The average molecular weight is 285 g/mol. The predicted octanol–water partition coefficient (Wildman–Crippen LogP) is 1.85. The molecular formula is C14H21ClN2O2. The number of benzene rings is 1. The Hall–Kier alpha value is -1.10. The van der Waals surface area contributed by atoms with E-state index in [4.69, 9.17) is 0 Å². The maximum absolute atomic E-state index is 11.7. The first-order valence-electron chi connectivity index (χ1n) is 6.29. The molecule has 0 radical (unpaired) electrons. The monoisotopic (exact) mass is 284 g/mol. The van der Waals surface area contributed by atoms with E-state index in [2.05, 4.69) is 10.6 Å². The summed E-state index contributed by atoms with van der Waals surface area (Å²) in [6.07, 6.45) is 1.09. The number of fused-ring (bicyclic) bond motifs is 1. The van der Waals surface area contributed by atoms with E-state index >= 15 is 0 Å². The summed E-state index contributed by atoms with van der Waals surface area (Å²) in [7, 11) is 0. The number of hydrogen-bond donors (Lipinski definition) is 3. The van der Waals surface area contributed by atoms with Gasteiger partial charge in [0, 0.05) is 12.2 Å². The molecule has 3 N–H and O–H groups in total. The van der Waals surface area contributed by atoms with Crippen molar-refractivity contribution >= 4 is 24.0 Å². The van der Waals surface area contributed by atoms with Crippen LogP contribution in [0.15, 0.2) is 18.2 Å². The molecule has 0 aromatic heterocycles. The summed E-state index contributed by atoms with van der Waals surface area (Å²) in [5.74, 6) is -0.156. The molecule has 0 saturated carbocycles. The van der Waals surface area contributed by atoms with Crippen LogP contribution in [0.3, 0.4) is 0 Å². The molecule has 19 heavy (non-hydrogen) atoms. The Morgan fingerprint density at radius 3 is 2.84 bits per heavy atom. The zero-order valence-corrected chi connectivity index (χ0v) is 12.1. The van der Waals surface area contributed by atoms with Gasteiger partial charge in [0.1, 0.15) is 0 Å². The maximum Gasteiger partial charge on any atom is 0.227 e. The summed E-state index contributed by atoms with van der Waals surface area (Å²) in [6, 6.07) is 5.98. The number of anilines is 1. The van der Waals surface area contributed by atoms with E-state index in [0.29, 0.717) is 0 Å². The summed E-state index contributed by atoms with van der Waals surface area (Å²) in [6.45, 7) is 5.14. The molecule has 1 heterocycles. The molecule has 0 spiro atoms. The molecule has 5 heteroatoms. The topological polar surface area (TPSA) is 61.4 Å². The van der Waals surface area contributed by atoms with Crippen LogP contribution in [0.1, 0.15) is 31.4 Å². The normalized spacial score (nSPS) is 14.3. The largest absolute Gasteiger partial charge is 0.390 e. The smallest absolute Gasteiger partial charge is 0.227 e. The molecule has 4 nitrogen and oxygen atoms in total. The van der Waals surface area contributed by atoms with Crippen LogP contribution in [0, 0.1) is 0 Å². The van der Waals surface area contributed by atoms with Crippen LogP contribution in [-0.2, 0) is 17.8 Å². The lowest BCUT2D eigenvalue weighted by Gasteiger charge is -2.19. The maximum atomic E-state index is 11.7. The highest BCUT2D eigenvalue weighted by molar-refractivity contribution is 5.91. The van der Waals surface area contributed by atoms with E-state index in [0.717, 1.165) is 25.2 Å². The number of halogens is 1. The van der Waals surface area contributed by atoms with Gasteiger partial charge in [-0.2, -0.15) is 0 Å². The third kappa shape index (κ3) is 4.82. The Bertz CT molecular complexity index is 455. The Morgan fingerprint density at radius 1 is 1.42 bits per heavy atom. The van der Waals surface area contributed by atoms with Crippen LogP contribution in [-0.4, -0.2) is 23.2 Å². The SMILES string of the molecule is CC(C)(O)CC(=O)Nc1ccc2c(c1)CCNC2.Cl. The highest BCUT2D eigenvalue weighted by atomic mass is 35.5. The van der Waals surface area contributed by atoms with E-state index in [9.17, 15) is 9.90 Å². The zero-order chi connectivity index (χ0) is 13.2. The second-order valence-electron chi connectivity index (χ2n) is 5.45. The summed E-state index contributed by atoms with van der Waals surface area (Å²) in [4.78, 5) is 11.7. The number of hydrogen-bond acceptors (Lipinski definition) is 3. The lowest BCUT2D eigenvalue weighted by Crippen LogP contribution is -2.27. The molecule has 0 saturated heterocycles. The summed E-state index contributed by atoms with van der Waals surface area (Å²) in [5, 5.41) is 15.7. The first-order chi connectivity index (χ1) is 8.44. The lowest BCUT2D eigenvalue weighted by molar-refractivity contribution is -0.119. The van der Waals surface area contributed by atoms with Crippen LogP contribution < -0.4 is 10.6 Å². The second kappa shape index (κ2) is 6.37. The number of rotatable bonds is 3. The average Bonchev–Trinajstić information content (AvgIpc) is 2.26. The van der Waals surface area contributed by atoms with E-state index in [-0.39, 0.29) is 24.7 Å². The number of nitrogens with one attached hydrogen (secondary N) is 2. The van der Waals surface area contributed by atoms with Gasteiger partial charge in [-0.25, -0.2) is 0 Å². The van der Waals surface area contributed by atoms with Crippen molar-refractivity contribution in [1.29, 1.82) is 0 Å². The molecule has 1 amide bonds. The first-order valence-corrected chi connectivity index (χ1v) is 6.29. The van der Waals surface area contributed by atoms with Crippen molar-refractivity contribution in [3.8, 4) is 0 Å². The van der Waals surface area contributed by atoms with Crippen molar-refractivity contribution in [3.05, 3.63) is 29.3 Å². The van der Waals surface area contributed by atoms with Gasteiger partial charge in [0.15, 0.2) is 0 Å². The van der Waals surface area contributed by atoms with Gasteiger partial charge in [0.2, 0.25) is 5.91 Å². The zero-order valence-electron chi connectivity index (χ0n) is 11.3. The fourth-order valence-electron chi connectivity index (χ4n) is 2.15. The molecule has 0 aliphatic carbocycles. The lowest BCUT2D eigenvalue weighted by atomic mass is 10.00. The molecule has 1 aliphatic rings. The van der Waals surface area contributed by atoms with Gasteiger partial charge >= 0.3 is 0 Å². The molecule has 0 fully saturated rings. The van der Waals surface area contributed by atoms with Gasteiger partial charge in [0.05, 0.1) is 12.0 Å². The Kier molecular flexibility index (Phi) is 5.35. The number of carbonyl (C=O) groups is 1. The van der Waals surface area contributed by atoms with Crippen molar-refractivity contribution in [2.24, 2.45) is 0 Å². The predicted molar refractivity (Wildman–Crippen MR) is 78.6 cm³/mol. The standard InChI is InChI=1S/C14H20N2O2.ClH/c1-14(2,18)8-13(17)16-12-4-3-11-9-15-6-5-10(11)7-12;/h3-4,7,15,18H,5-6,8-9H2,1-2H3,(H,16,17);1H. The molecule has 1 aromatic carbocycles. The molecule has 0 unspecified atom stereocenters. The first kappa shape index (κ1) is 16.0. The van der Waals surface area contributed by atoms with Crippen LogP contribution in [0.5, 0.6) is 0 Å². The van der Waals surface area contributed by atoms with Gasteiger partial charge in [-0.05, 0) is 50.1 Å². The third-order valence-electron chi connectivity index (χ3n) is 2.97. The van der Waals surface area contributed by atoms with E-state index in [1.807, 2.05) is 18.2 Å². The number of amides is 1. The minimum atomic E-state index is -0.970. The third-order valence-corrected chi connectivity index (χ3v) is 2.97. The number of aliphatic hydroxyl groups is 1. The Labute approximate surface area is 120 Å². The minimum Gasteiger partial charge on any atom is -0.390 e. The molecule has 106 valence electrons. The quantitative estimate of drug-likeness (QED) is 0.794. The van der Waals surface area contributed by atoms with Crippen molar-refractivity contribution in [2.75, 3.05) is 11.9 Å². The second-order valence-corrected chi connectivity index (χ2v) is 5.45. The molecule has 2 rings (SSSR count). The molecule has 1 aliphatic heterocycles. The van der Waals surface area contributed by atoms with Crippen LogP contribution in [0.25, 0.3) is 0 Å². The molecule has 0 bridgehead atoms. The molecular weight excluding hydrogens is 264 g/mol. The van der Waals surface area contributed by atoms with Crippen LogP contribution >= 0.6 is 12.4 Å². The molecule has 0 atom stereocenters. The highest BCUT2D eigenvalue weighted by Gasteiger charge is 2.18. The highest BCUT2D eigenvalue weighted by Crippen LogP contribution is 2.19. The van der Waals surface area contributed by atoms with Crippen molar-refractivity contribution in [3.63, 3.8) is 0 Å². The molecule has 1 aromatic rings. The van der Waals surface area contributed by atoms with Crippen LogP contribution in [0.4, 0.5) is 5.69 Å². The Balaban J connectivity index is 0.00000180. The van der Waals surface area contributed by atoms with Crippen molar-refractivity contribution in [1.82, 2.24) is 5.32 Å². The van der Waals surface area contributed by atoms with Crippen LogP contribution in [0.2, 0.25) is 0 Å². The van der Waals surface area contributed by atoms with Gasteiger partial charge in [-0.3, -0.25) is 4.79 Å². The number of carbonyl (C=O) groups excluding carboxylic acids is 1. The summed E-state index contributed by atoms with van der Waals surface area (Å²) < 4.78 is 0. The van der Waals surface area contributed by atoms with Crippen molar-refractivity contribution in [2.45, 2.75) is 38.8 Å². The van der Waals surface area contributed by atoms with Gasteiger partial charge in [0.25, 0.3) is 0 Å². The minimum absolute atomic E-state index is 0. The fourth-order valence-corrected chi connectivity index (χ4v) is 2.15.